The van der Waals surface area contributed by atoms with Crippen LogP contribution in [0, 0.1) is 5.82 Å². The average Bonchev–Trinajstić information content (AvgIpc) is 2.91. The molecule has 2 amide bonds. The van der Waals surface area contributed by atoms with Gasteiger partial charge in [0, 0.05) is 28.9 Å². The van der Waals surface area contributed by atoms with Gasteiger partial charge in [0.25, 0.3) is 5.91 Å². The number of hydrogen-bond acceptors (Lipinski definition) is 7. The third-order valence-electron chi connectivity index (χ3n) is 5.97. The highest BCUT2D eigenvalue weighted by Crippen LogP contribution is 2.42. The van der Waals surface area contributed by atoms with Crippen LogP contribution in [0.3, 0.4) is 0 Å². The van der Waals surface area contributed by atoms with Crippen molar-refractivity contribution in [2.45, 2.75) is 25.1 Å². The second-order valence-electron chi connectivity index (χ2n) is 8.76. The molecule has 0 aliphatic heterocycles. The van der Waals surface area contributed by atoms with Crippen LogP contribution in [-0.4, -0.2) is 51.2 Å². The zero-order valence-electron chi connectivity index (χ0n) is 21.0. The number of rotatable bonds is 9. The highest BCUT2D eigenvalue weighted by Gasteiger charge is 2.56. The molecule has 0 aliphatic carbocycles. The van der Waals surface area contributed by atoms with Crippen molar-refractivity contribution < 1.29 is 37.0 Å². The molecule has 0 fully saturated rings. The number of alkyl halides is 3. The standard InChI is InChI=1S/C27H23F4N5O4/c1-2-40-24-17(11-22(32)37)10-21(36-23(24)15-3-5-19(28)6-4-15)26(39,27(29,30)31)14-35-25(38)18-9-16-7-8-33-13-20(16)34-12-18/h3-10,12-13,39H,2,11,14H2,1H3,(H2,32,37)(H,35,38)/t26-/m0/s1. The predicted octanol–water partition coefficient (Wildman–Crippen LogP) is 3.44. The Morgan fingerprint density at radius 3 is 2.48 bits per heavy atom. The molecule has 0 saturated heterocycles. The van der Waals surface area contributed by atoms with Crippen molar-refractivity contribution in [1.29, 1.82) is 0 Å². The number of fused-ring (bicyclic) bond motifs is 1. The molecule has 0 unspecified atom stereocenters. The van der Waals surface area contributed by atoms with E-state index in [4.69, 9.17) is 10.5 Å². The van der Waals surface area contributed by atoms with E-state index in [1.807, 2.05) is 0 Å². The highest BCUT2D eigenvalue weighted by molar-refractivity contribution is 5.97. The minimum Gasteiger partial charge on any atom is -0.491 e. The number of amides is 2. The van der Waals surface area contributed by atoms with Gasteiger partial charge in [-0.3, -0.25) is 19.6 Å². The Bertz CT molecular complexity index is 1560. The van der Waals surface area contributed by atoms with E-state index < -0.39 is 48.1 Å². The van der Waals surface area contributed by atoms with Crippen LogP contribution in [0.15, 0.2) is 61.1 Å². The number of pyridine rings is 3. The van der Waals surface area contributed by atoms with Crippen LogP contribution in [0.25, 0.3) is 22.2 Å². The first kappa shape index (κ1) is 28.4. The monoisotopic (exact) mass is 557 g/mol. The van der Waals surface area contributed by atoms with Gasteiger partial charge in [0.1, 0.15) is 17.3 Å². The van der Waals surface area contributed by atoms with Gasteiger partial charge >= 0.3 is 6.18 Å². The van der Waals surface area contributed by atoms with Crippen molar-refractivity contribution in [3.05, 3.63) is 83.7 Å². The summed E-state index contributed by atoms with van der Waals surface area (Å²) in [4.78, 5) is 36.6. The minimum atomic E-state index is -5.34. The maximum atomic E-state index is 14.4. The number of aromatic nitrogens is 3. The Morgan fingerprint density at radius 1 is 1.10 bits per heavy atom. The van der Waals surface area contributed by atoms with Gasteiger partial charge in [-0.2, -0.15) is 13.2 Å². The van der Waals surface area contributed by atoms with E-state index in [1.54, 1.807) is 13.0 Å². The number of aliphatic hydroxyl groups is 1. The molecule has 9 nitrogen and oxygen atoms in total. The van der Waals surface area contributed by atoms with Gasteiger partial charge in [0.05, 0.1) is 42.5 Å². The van der Waals surface area contributed by atoms with Crippen LogP contribution in [0.2, 0.25) is 0 Å². The lowest BCUT2D eigenvalue weighted by molar-refractivity contribution is -0.265. The summed E-state index contributed by atoms with van der Waals surface area (Å²) in [7, 11) is 0. The zero-order valence-corrected chi connectivity index (χ0v) is 21.0. The summed E-state index contributed by atoms with van der Waals surface area (Å²) in [6, 6.07) is 8.50. The van der Waals surface area contributed by atoms with Crippen LogP contribution in [0.1, 0.15) is 28.5 Å². The van der Waals surface area contributed by atoms with Crippen LogP contribution in [-0.2, 0) is 16.8 Å². The van der Waals surface area contributed by atoms with Gasteiger partial charge in [-0.15, -0.1) is 0 Å². The minimum absolute atomic E-state index is 0.0516. The molecule has 1 atom stereocenters. The molecule has 40 heavy (non-hydrogen) atoms. The lowest BCUT2D eigenvalue weighted by Gasteiger charge is -2.31. The fourth-order valence-electron chi connectivity index (χ4n) is 3.97. The summed E-state index contributed by atoms with van der Waals surface area (Å²) < 4.78 is 62.5. The maximum Gasteiger partial charge on any atom is 0.424 e. The van der Waals surface area contributed by atoms with Gasteiger partial charge in [0.2, 0.25) is 11.5 Å². The SMILES string of the molecule is CCOc1c(CC(N)=O)cc([C@@](O)(CNC(=O)c2cnc3cnccc3c2)C(F)(F)F)nc1-c1ccc(F)cc1. The van der Waals surface area contributed by atoms with Crippen LogP contribution in [0.4, 0.5) is 17.6 Å². The summed E-state index contributed by atoms with van der Waals surface area (Å²) in [5.41, 5.74) is 1.00. The highest BCUT2D eigenvalue weighted by atomic mass is 19.4. The number of carbonyl (C=O) groups excluding carboxylic acids is 2. The Hall–Kier alpha value is -4.65. The first-order chi connectivity index (χ1) is 18.9. The van der Waals surface area contributed by atoms with E-state index in [1.165, 1.54) is 36.8 Å². The second-order valence-corrected chi connectivity index (χ2v) is 8.76. The zero-order chi connectivity index (χ0) is 29.1. The Kier molecular flexibility index (Phi) is 7.96. The summed E-state index contributed by atoms with van der Waals surface area (Å²) in [6.07, 6.45) is -1.79. The number of nitrogens with one attached hydrogen (secondary N) is 1. The number of hydrogen-bond donors (Lipinski definition) is 3. The van der Waals surface area contributed by atoms with Gasteiger partial charge in [-0.25, -0.2) is 9.37 Å². The van der Waals surface area contributed by atoms with Gasteiger partial charge in [-0.1, -0.05) is 0 Å². The molecule has 3 aromatic heterocycles. The van der Waals surface area contributed by atoms with Crippen molar-refractivity contribution in [1.82, 2.24) is 20.3 Å². The van der Waals surface area contributed by atoms with Crippen LogP contribution >= 0.6 is 0 Å². The van der Waals surface area contributed by atoms with Crippen LogP contribution < -0.4 is 15.8 Å². The van der Waals surface area contributed by atoms with E-state index in [2.05, 4.69) is 20.3 Å². The molecule has 4 rings (SSSR count). The maximum absolute atomic E-state index is 14.4. The third-order valence-corrected chi connectivity index (χ3v) is 5.97. The number of benzene rings is 1. The quantitative estimate of drug-likeness (QED) is 0.268. The second kappa shape index (κ2) is 11.2. The molecule has 4 N–H and O–H groups in total. The fraction of sp³-hybridized carbons (Fsp3) is 0.222. The molecule has 0 radical (unpaired) electrons. The Balaban J connectivity index is 1.79. The average molecular weight is 558 g/mol. The van der Waals surface area contributed by atoms with E-state index in [0.29, 0.717) is 10.9 Å². The molecule has 4 aromatic rings. The molecule has 208 valence electrons. The largest absolute Gasteiger partial charge is 0.491 e. The Labute approximate surface area is 225 Å². The molecule has 0 bridgehead atoms. The van der Waals surface area contributed by atoms with Crippen molar-refractivity contribution in [2.24, 2.45) is 5.73 Å². The van der Waals surface area contributed by atoms with Crippen molar-refractivity contribution in [3.63, 3.8) is 0 Å². The Morgan fingerprint density at radius 2 is 1.82 bits per heavy atom. The number of ether oxygens (including phenoxy) is 1. The lowest BCUT2D eigenvalue weighted by Crippen LogP contribution is -2.51. The molecule has 0 aliphatic rings. The molecular weight excluding hydrogens is 534 g/mol. The molecule has 0 saturated carbocycles. The normalized spacial score (nSPS) is 13.1. The summed E-state index contributed by atoms with van der Waals surface area (Å²) in [6.45, 7) is 0.330. The predicted molar refractivity (Wildman–Crippen MR) is 136 cm³/mol. The lowest BCUT2D eigenvalue weighted by atomic mass is 9.93. The first-order valence-electron chi connectivity index (χ1n) is 11.9. The van der Waals surface area contributed by atoms with Gasteiger partial charge in [0.15, 0.2) is 0 Å². The van der Waals surface area contributed by atoms with Crippen molar-refractivity contribution in [3.8, 4) is 17.0 Å². The fourth-order valence-corrected chi connectivity index (χ4v) is 3.97. The summed E-state index contributed by atoms with van der Waals surface area (Å²) in [5, 5.41) is 13.7. The van der Waals surface area contributed by atoms with Crippen molar-refractivity contribution in [2.75, 3.05) is 13.2 Å². The number of nitrogens with two attached hydrogens (primary N) is 1. The van der Waals surface area contributed by atoms with E-state index in [-0.39, 0.29) is 34.7 Å². The molecule has 13 heteroatoms. The molecule has 0 spiro atoms. The smallest absolute Gasteiger partial charge is 0.424 e. The molecular formula is C27H23F4N5O4. The third kappa shape index (κ3) is 5.83. The number of halogens is 4. The van der Waals surface area contributed by atoms with E-state index in [0.717, 1.165) is 18.2 Å². The summed E-state index contributed by atoms with van der Waals surface area (Å²) >= 11 is 0. The van der Waals surface area contributed by atoms with Crippen molar-refractivity contribution >= 4 is 22.7 Å². The number of primary amides is 1. The first-order valence-corrected chi connectivity index (χ1v) is 11.9. The number of nitrogens with zero attached hydrogens (tertiary/aromatic N) is 3. The topological polar surface area (TPSA) is 140 Å². The van der Waals surface area contributed by atoms with E-state index in [9.17, 15) is 32.3 Å². The van der Waals surface area contributed by atoms with Gasteiger partial charge < -0.3 is 20.9 Å². The molecule has 1 aromatic carbocycles. The van der Waals surface area contributed by atoms with Gasteiger partial charge in [-0.05, 0) is 49.4 Å². The van der Waals surface area contributed by atoms with E-state index >= 15 is 0 Å². The molecule has 3 heterocycles. The number of carbonyl (C=O) groups is 2. The van der Waals surface area contributed by atoms with Crippen LogP contribution in [0.5, 0.6) is 5.75 Å². The summed E-state index contributed by atoms with van der Waals surface area (Å²) in [5.74, 6) is -2.48.